The molecule has 1 aliphatic heterocycles. The molecular weight excluding hydrogens is 377 g/mol. The first-order valence-corrected chi connectivity index (χ1v) is 11.0. The van der Waals surface area contributed by atoms with E-state index in [9.17, 15) is 0 Å². The zero-order valence-electron chi connectivity index (χ0n) is 17.1. The van der Waals surface area contributed by atoms with Crippen molar-refractivity contribution in [3.05, 3.63) is 101 Å². The molecular formula is C25H24NO2P. The molecule has 2 aromatic carbocycles. The van der Waals surface area contributed by atoms with Crippen LogP contribution in [0.1, 0.15) is 19.4 Å². The lowest BCUT2D eigenvalue weighted by molar-refractivity contribution is 0.329. The summed E-state index contributed by atoms with van der Waals surface area (Å²) in [6, 6.07) is 12.8. The fourth-order valence-corrected chi connectivity index (χ4v) is 5.46. The van der Waals surface area contributed by atoms with Gasteiger partial charge in [-0.05, 0) is 62.0 Å². The Kier molecular flexibility index (Phi) is 4.27. The maximum atomic E-state index is 6.54. The number of benzene rings is 2. The van der Waals surface area contributed by atoms with Gasteiger partial charge in [-0.3, -0.25) is 0 Å². The van der Waals surface area contributed by atoms with E-state index in [0.717, 1.165) is 11.5 Å². The van der Waals surface area contributed by atoms with Gasteiger partial charge in [-0.2, -0.15) is 0 Å². The number of hydrogen-bond donors (Lipinski definition) is 0. The molecule has 3 aliphatic rings. The molecule has 0 spiro atoms. The van der Waals surface area contributed by atoms with Crippen molar-refractivity contribution in [1.82, 2.24) is 4.67 Å². The van der Waals surface area contributed by atoms with Gasteiger partial charge in [-0.25, -0.2) is 4.67 Å². The molecule has 0 aromatic heterocycles. The van der Waals surface area contributed by atoms with Crippen molar-refractivity contribution in [3.63, 3.8) is 0 Å². The van der Waals surface area contributed by atoms with E-state index in [1.165, 1.54) is 33.1 Å². The largest absolute Gasteiger partial charge is 0.430 e. The van der Waals surface area contributed by atoms with Crippen LogP contribution in [0.5, 0.6) is 5.75 Å². The number of hydrogen-bond acceptors (Lipinski definition) is 3. The maximum absolute atomic E-state index is 6.54. The van der Waals surface area contributed by atoms with Gasteiger partial charge >= 0.3 is 8.53 Å². The molecule has 0 amide bonds. The van der Waals surface area contributed by atoms with E-state index < -0.39 is 13.9 Å². The lowest BCUT2D eigenvalue weighted by Crippen LogP contribution is -2.31. The lowest BCUT2D eigenvalue weighted by Gasteiger charge is -2.37. The molecule has 0 fully saturated rings. The Balaban J connectivity index is 1.88. The average Bonchev–Trinajstić information content (AvgIpc) is 2.98. The summed E-state index contributed by atoms with van der Waals surface area (Å²) < 4.78 is 15.0. The summed E-state index contributed by atoms with van der Waals surface area (Å²) in [6.45, 7) is 4.42. The van der Waals surface area contributed by atoms with Crippen molar-refractivity contribution in [2.45, 2.75) is 19.3 Å². The molecule has 2 aromatic rings. The number of nitrogens with zero attached hydrogens (tertiary/aromatic N) is 1. The SMILES string of the molecule is CC1=CC=CC2=CC=C3OP(N(C)C)Oc4ccc5ccccc5c4[C@]3(C)C2=C1. The van der Waals surface area contributed by atoms with Crippen LogP contribution in [0.3, 0.4) is 0 Å². The third-order valence-corrected chi connectivity index (χ3v) is 7.19. The third kappa shape index (κ3) is 2.80. The van der Waals surface area contributed by atoms with E-state index in [0.29, 0.717) is 0 Å². The molecule has 1 heterocycles. The fraction of sp³-hybridized carbons (Fsp3) is 0.200. The zero-order chi connectivity index (χ0) is 20.2. The minimum Gasteiger partial charge on any atom is -0.430 e. The normalized spacial score (nSPS) is 25.2. The maximum Gasteiger partial charge on any atom is 0.383 e. The second-order valence-corrected chi connectivity index (χ2v) is 9.67. The Morgan fingerprint density at radius 1 is 0.966 bits per heavy atom. The second kappa shape index (κ2) is 6.73. The van der Waals surface area contributed by atoms with E-state index >= 15 is 0 Å². The third-order valence-electron chi connectivity index (χ3n) is 5.83. The van der Waals surface area contributed by atoms with Gasteiger partial charge in [0, 0.05) is 5.56 Å². The molecule has 146 valence electrons. The van der Waals surface area contributed by atoms with Gasteiger partial charge in [0.25, 0.3) is 0 Å². The molecule has 5 rings (SSSR count). The van der Waals surface area contributed by atoms with Crippen molar-refractivity contribution >= 4 is 19.3 Å². The standard InChI is InChI=1S/C25H24NO2P/c1-17-8-7-10-19-13-15-23-25(2,21(19)16-17)24-20-11-6-5-9-18(20)12-14-22(24)27-29(28-23)26(3)4/h5-16H,1-4H3/t25-,29?/m1/s1. The Bertz CT molecular complexity index is 1170. The summed E-state index contributed by atoms with van der Waals surface area (Å²) >= 11 is 0. The van der Waals surface area contributed by atoms with Crippen LogP contribution < -0.4 is 4.52 Å². The van der Waals surface area contributed by atoms with Crippen LogP contribution in [0.25, 0.3) is 10.8 Å². The predicted molar refractivity (Wildman–Crippen MR) is 121 cm³/mol. The van der Waals surface area contributed by atoms with E-state index in [2.05, 4.69) is 86.7 Å². The van der Waals surface area contributed by atoms with Crippen molar-refractivity contribution in [1.29, 1.82) is 0 Å². The van der Waals surface area contributed by atoms with Gasteiger partial charge in [0.05, 0.1) is 5.41 Å². The Labute approximate surface area is 173 Å². The summed E-state index contributed by atoms with van der Waals surface area (Å²) in [7, 11) is 2.76. The minimum atomic E-state index is -1.24. The number of allylic oxidation sites excluding steroid dienone is 9. The quantitative estimate of drug-likeness (QED) is 0.505. The Morgan fingerprint density at radius 3 is 2.62 bits per heavy atom. The smallest absolute Gasteiger partial charge is 0.383 e. The van der Waals surface area contributed by atoms with Gasteiger partial charge in [-0.15, -0.1) is 0 Å². The van der Waals surface area contributed by atoms with Crippen molar-refractivity contribution in [2.24, 2.45) is 0 Å². The highest BCUT2D eigenvalue weighted by Gasteiger charge is 2.47. The molecule has 2 aliphatic carbocycles. The highest BCUT2D eigenvalue weighted by atomic mass is 31.2. The van der Waals surface area contributed by atoms with Crippen LogP contribution in [0.15, 0.2) is 95.3 Å². The van der Waals surface area contributed by atoms with E-state index in [-0.39, 0.29) is 0 Å². The topological polar surface area (TPSA) is 21.7 Å². The fourth-order valence-electron chi connectivity index (χ4n) is 4.37. The van der Waals surface area contributed by atoms with Crippen LogP contribution in [0, 0.1) is 0 Å². The van der Waals surface area contributed by atoms with Gasteiger partial charge in [-0.1, -0.05) is 66.3 Å². The molecule has 29 heavy (non-hydrogen) atoms. The monoisotopic (exact) mass is 401 g/mol. The van der Waals surface area contributed by atoms with Gasteiger partial charge in [0.2, 0.25) is 0 Å². The van der Waals surface area contributed by atoms with E-state index in [4.69, 9.17) is 9.05 Å². The first kappa shape index (κ1) is 18.4. The molecule has 0 radical (unpaired) electrons. The van der Waals surface area contributed by atoms with Gasteiger partial charge in [0.1, 0.15) is 11.5 Å². The Hall–Kier alpha value is -2.61. The van der Waals surface area contributed by atoms with Crippen LogP contribution >= 0.6 is 8.53 Å². The van der Waals surface area contributed by atoms with Gasteiger partial charge < -0.3 is 9.05 Å². The van der Waals surface area contributed by atoms with E-state index in [1.807, 2.05) is 18.8 Å². The molecule has 1 unspecified atom stereocenters. The molecule has 2 atom stereocenters. The van der Waals surface area contributed by atoms with E-state index in [1.54, 1.807) is 0 Å². The van der Waals surface area contributed by atoms with Crippen LogP contribution in [0.4, 0.5) is 0 Å². The minimum absolute atomic E-state index is 0.447. The average molecular weight is 401 g/mol. The summed E-state index contributed by atoms with van der Waals surface area (Å²) in [5.41, 5.74) is 4.41. The first-order chi connectivity index (χ1) is 14.0. The summed E-state index contributed by atoms with van der Waals surface area (Å²) in [4.78, 5) is 0. The van der Waals surface area contributed by atoms with Crippen molar-refractivity contribution < 1.29 is 9.05 Å². The zero-order valence-corrected chi connectivity index (χ0v) is 18.0. The second-order valence-electron chi connectivity index (χ2n) is 8.03. The summed E-state index contributed by atoms with van der Waals surface area (Å²) in [6.07, 6.45) is 13.0. The molecule has 3 nitrogen and oxygen atoms in total. The van der Waals surface area contributed by atoms with Crippen LogP contribution in [0.2, 0.25) is 0 Å². The highest BCUT2D eigenvalue weighted by molar-refractivity contribution is 7.45. The first-order valence-electron chi connectivity index (χ1n) is 9.84. The molecule has 4 heteroatoms. The number of rotatable bonds is 1. The Morgan fingerprint density at radius 2 is 1.79 bits per heavy atom. The summed E-state index contributed by atoms with van der Waals surface area (Å²) in [5.74, 6) is 1.83. The van der Waals surface area contributed by atoms with Gasteiger partial charge in [0.15, 0.2) is 0 Å². The van der Waals surface area contributed by atoms with Crippen LogP contribution in [-0.4, -0.2) is 18.8 Å². The van der Waals surface area contributed by atoms with Crippen molar-refractivity contribution in [2.75, 3.05) is 14.1 Å². The highest BCUT2D eigenvalue weighted by Crippen LogP contribution is 2.59. The lowest BCUT2D eigenvalue weighted by atomic mass is 9.67. The van der Waals surface area contributed by atoms with Crippen molar-refractivity contribution in [3.8, 4) is 5.75 Å². The predicted octanol–water partition coefficient (Wildman–Crippen LogP) is 6.56. The molecule has 0 saturated carbocycles. The molecule has 0 N–H and O–H groups in total. The number of fused-ring (bicyclic) bond motifs is 7. The summed E-state index contributed by atoms with van der Waals surface area (Å²) in [5, 5.41) is 2.41. The van der Waals surface area contributed by atoms with Crippen LogP contribution in [-0.2, 0) is 9.94 Å². The molecule has 0 bridgehead atoms. The molecule has 0 saturated heterocycles.